The quantitative estimate of drug-likeness (QED) is 0.874. The van der Waals surface area contributed by atoms with Gasteiger partial charge >= 0.3 is 0 Å². The van der Waals surface area contributed by atoms with Gasteiger partial charge in [-0.1, -0.05) is 30.3 Å². The Kier molecular flexibility index (Phi) is 8.69. The molecule has 0 aliphatic heterocycles. The van der Waals surface area contributed by atoms with Gasteiger partial charge in [0.2, 0.25) is 5.91 Å². The summed E-state index contributed by atoms with van der Waals surface area (Å²) in [5.74, 6) is 0.426. The van der Waals surface area contributed by atoms with Crippen LogP contribution >= 0.6 is 24.8 Å². The average Bonchev–Trinajstić information content (AvgIpc) is 2.84. The molecule has 1 heterocycles. The zero-order valence-electron chi connectivity index (χ0n) is 11.7. The molecule has 116 valence electrons. The zero-order valence-corrected chi connectivity index (χ0v) is 13.4. The smallest absolute Gasteiger partial charge is 0.229 e. The van der Waals surface area contributed by atoms with Crippen LogP contribution in [-0.2, 0) is 18.4 Å². The molecule has 0 spiro atoms. The predicted octanol–water partition coefficient (Wildman–Crippen LogP) is 1.62. The molecule has 0 radical (unpaired) electrons. The lowest BCUT2D eigenvalue weighted by Gasteiger charge is -2.15. The van der Waals surface area contributed by atoms with Gasteiger partial charge in [0.25, 0.3) is 0 Å². The van der Waals surface area contributed by atoms with E-state index in [0.717, 1.165) is 11.4 Å². The number of aryl methyl sites for hydroxylation is 1. The van der Waals surface area contributed by atoms with Crippen LogP contribution in [0, 0.1) is 0 Å². The van der Waals surface area contributed by atoms with Crippen molar-refractivity contribution >= 4 is 30.7 Å². The molecule has 0 saturated carbocycles. The summed E-state index contributed by atoms with van der Waals surface area (Å²) in [4.78, 5) is 16.3. The van der Waals surface area contributed by atoms with Gasteiger partial charge < -0.3 is 15.6 Å². The summed E-state index contributed by atoms with van der Waals surface area (Å²) in [6, 6.07) is 9.56. The van der Waals surface area contributed by atoms with E-state index in [4.69, 9.17) is 5.73 Å². The molecule has 7 heteroatoms. The average molecular weight is 331 g/mol. The highest BCUT2D eigenvalue weighted by atomic mass is 35.5. The highest BCUT2D eigenvalue weighted by molar-refractivity contribution is 5.85. The Bertz CT molecular complexity index is 545. The van der Waals surface area contributed by atoms with Crippen LogP contribution in [0.1, 0.15) is 17.3 Å². The Morgan fingerprint density at radius 3 is 2.52 bits per heavy atom. The first kappa shape index (κ1) is 19.4. The van der Waals surface area contributed by atoms with Crippen molar-refractivity contribution < 1.29 is 4.79 Å². The van der Waals surface area contributed by atoms with Gasteiger partial charge in [0.05, 0.1) is 12.5 Å². The molecule has 0 fully saturated rings. The Morgan fingerprint density at radius 2 is 2.00 bits per heavy atom. The molecule has 0 aliphatic rings. The number of hydrogen-bond acceptors (Lipinski definition) is 3. The highest BCUT2D eigenvalue weighted by Gasteiger charge is 2.18. The number of carbonyl (C=O) groups excluding carboxylic acids is 1. The maximum atomic E-state index is 12.2. The van der Waals surface area contributed by atoms with Gasteiger partial charge in [-0.15, -0.1) is 24.8 Å². The van der Waals surface area contributed by atoms with Crippen LogP contribution in [-0.4, -0.2) is 22.0 Å². The van der Waals surface area contributed by atoms with Crippen LogP contribution in [0.3, 0.4) is 0 Å². The summed E-state index contributed by atoms with van der Waals surface area (Å²) >= 11 is 0. The number of nitrogens with two attached hydrogens (primary N) is 1. The number of nitrogens with zero attached hydrogens (tertiary/aromatic N) is 2. The van der Waals surface area contributed by atoms with Gasteiger partial charge in [0.1, 0.15) is 5.82 Å². The standard InChI is InChI=1S/C14H18N4O.2ClH/c1-18-8-7-16-13(18)10-17-14(19)12(9-15)11-5-3-2-4-6-11;;/h2-8,12H,9-10,15H2,1H3,(H,17,19);2*1H. The lowest BCUT2D eigenvalue weighted by molar-refractivity contribution is -0.122. The number of benzene rings is 1. The molecule has 0 bridgehead atoms. The van der Waals surface area contributed by atoms with Crippen molar-refractivity contribution in [3.63, 3.8) is 0 Å². The molecule has 21 heavy (non-hydrogen) atoms. The summed E-state index contributed by atoms with van der Waals surface area (Å²) in [5.41, 5.74) is 6.64. The summed E-state index contributed by atoms with van der Waals surface area (Å²) in [6.07, 6.45) is 3.55. The fourth-order valence-corrected chi connectivity index (χ4v) is 1.94. The normalized spacial score (nSPS) is 11.0. The van der Waals surface area contributed by atoms with Crippen molar-refractivity contribution in [3.05, 3.63) is 54.1 Å². The van der Waals surface area contributed by atoms with E-state index in [1.54, 1.807) is 6.20 Å². The first-order valence-corrected chi connectivity index (χ1v) is 6.21. The number of rotatable bonds is 5. The molecule has 1 aromatic carbocycles. The topological polar surface area (TPSA) is 72.9 Å². The first-order chi connectivity index (χ1) is 9.22. The second-order valence-electron chi connectivity index (χ2n) is 4.37. The van der Waals surface area contributed by atoms with E-state index in [0.29, 0.717) is 6.54 Å². The van der Waals surface area contributed by atoms with Gasteiger partial charge in [0, 0.05) is 26.0 Å². The Hall–Kier alpha value is -1.56. The molecule has 5 nitrogen and oxygen atoms in total. The van der Waals surface area contributed by atoms with Gasteiger partial charge in [-0.2, -0.15) is 0 Å². The van der Waals surface area contributed by atoms with Crippen LogP contribution in [0.25, 0.3) is 0 Å². The minimum atomic E-state index is -0.318. The van der Waals surface area contributed by atoms with E-state index in [-0.39, 0.29) is 43.2 Å². The molecular weight excluding hydrogens is 311 g/mol. The van der Waals surface area contributed by atoms with E-state index in [1.807, 2.05) is 48.1 Å². The van der Waals surface area contributed by atoms with Crippen molar-refractivity contribution in [1.82, 2.24) is 14.9 Å². The second-order valence-corrected chi connectivity index (χ2v) is 4.37. The predicted molar refractivity (Wildman–Crippen MR) is 87.8 cm³/mol. The Morgan fingerprint density at radius 1 is 1.33 bits per heavy atom. The fourth-order valence-electron chi connectivity index (χ4n) is 1.94. The zero-order chi connectivity index (χ0) is 13.7. The number of aromatic nitrogens is 2. The molecule has 1 aromatic heterocycles. The SMILES string of the molecule is Cl.Cl.Cn1ccnc1CNC(=O)C(CN)c1ccccc1. The second kappa shape index (κ2) is 9.39. The van der Waals surface area contributed by atoms with E-state index >= 15 is 0 Å². The number of hydrogen-bond donors (Lipinski definition) is 2. The lowest BCUT2D eigenvalue weighted by Crippen LogP contribution is -2.33. The Balaban J connectivity index is 0.00000200. The molecule has 0 aliphatic carbocycles. The molecule has 1 amide bonds. The highest BCUT2D eigenvalue weighted by Crippen LogP contribution is 2.14. The van der Waals surface area contributed by atoms with Crippen LogP contribution in [0.2, 0.25) is 0 Å². The number of amides is 1. The third-order valence-corrected chi connectivity index (χ3v) is 3.10. The number of imidazole rings is 1. The minimum Gasteiger partial charge on any atom is -0.348 e. The lowest BCUT2D eigenvalue weighted by atomic mass is 9.98. The first-order valence-electron chi connectivity index (χ1n) is 6.21. The van der Waals surface area contributed by atoms with Crippen molar-refractivity contribution in [1.29, 1.82) is 0 Å². The molecule has 3 N–H and O–H groups in total. The molecule has 1 atom stereocenters. The van der Waals surface area contributed by atoms with E-state index in [9.17, 15) is 4.79 Å². The third-order valence-electron chi connectivity index (χ3n) is 3.10. The monoisotopic (exact) mass is 330 g/mol. The van der Waals surface area contributed by atoms with E-state index in [2.05, 4.69) is 10.3 Å². The largest absolute Gasteiger partial charge is 0.348 e. The van der Waals surface area contributed by atoms with Crippen LogP contribution in [0.4, 0.5) is 0 Å². The molecule has 2 aromatic rings. The number of nitrogens with one attached hydrogen (secondary N) is 1. The third kappa shape index (κ3) is 5.04. The van der Waals surface area contributed by atoms with E-state index in [1.165, 1.54) is 0 Å². The van der Waals surface area contributed by atoms with Crippen molar-refractivity contribution in [2.45, 2.75) is 12.5 Å². The van der Waals surface area contributed by atoms with E-state index < -0.39 is 0 Å². The minimum absolute atomic E-state index is 0. The number of carbonyl (C=O) groups is 1. The molecule has 0 saturated heterocycles. The summed E-state index contributed by atoms with van der Waals surface area (Å²) in [5, 5.41) is 2.87. The van der Waals surface area contributed by atoms with Crippen molar-refractivity contribution in [3.8, 4) is 0 Å². The van der Waals surface area contributed by atoms with Gasteiger partial charge in [0.15, 0.2) is 0 Å². The van der Waals surface area contributed by atoms with Crippen molar-refractivity contribution in [2.24, 2.45) is 12.8 Å². The number of halogens is 2. The van der Waals surface area contributed by atoms with Gasteiger partial charge in [-0.05, 0) is 5.56 Å². The van der Waals surface area contributed by atoms with Crippen LogP contribution in [0.5, 0.6) is 0 Å². The summed E-state index contributed by atoms with van der Waals surface area (Å²) in [6.45, 7) is 0.697. The summed E-state index contributed by atoms with van der Waals surface area (Å²) < 4.78 is 1.88. The maximum absolute atomic E-state index is 12.2. The fraction of sp³-hybridized carbons (Fsp3) is 0.286. The van der Waals surface area contributed by atoms with Gasteiger partial charge in [-0.25, -0.2) is 4.98 Å². The van der Waals surface area contributed by atoms with Crippen LogP contribution < -0.4 is 11.1 Å². The summed E-state index contributed by atoms with van der Waals surface area (Å²) in [7, 11) is 1.89. The molecular formula is C14H20Cl2N4O. The van der Waals surface area contributed by atoms with Crippen LogP contribution in [0.15, 0.2) is 42.7 Å². The maximum Gasteiger partial charge on any atom is 0.229 e. The molecule has 1 unspecified atom stereocenters. The van der Waals surface area contributed by atoms with Crippen molar-refractivity contribution in [2.75, 3.05) is 6.54 Å². The molecule has 2 rings (SSSR count). The van der Waals surface area contributed by atoms with Gasteiger partial charge in [-0.3, -0.25) is 4.79 Å². The Labute approximate surface area is 136 Å².